The van der Waals surface area contributed by atoms with E-state index in [1.165, 1.54) is 12.1 Å². The quantitative estimate of drug-likeness (QED) is 0.452. The lowest BCUT2D eigenvalue weighted by Gasteiger charge is -2.40. The second-order valence-corrected chi connectivity index (χ2v) is 10.7. The van der Waals surface area contributed by atoms with Gasteiger partial charge in [0.15, 0.2) is 0 Å². The Bertz CT molecular complexity index is 1100. The lowest BCUT2D eigenvalue weighted by atomic mass is 9.74. The van der Waals surface area contributed by atoms with Gasteiger partial charge in [-0.25, -0.2) is 4.39 Å². The molecule has 2 aliphatic rings. The summed E-state index contributed by atoms with van der Waals surface area (Å²) in [5, 5.41) is 11.2. The molecule has 0 N–H and O–H groups in total. The number of amides is 1. The van der Waals surface area contributed by atoms with Gasteiger partial charge in [-0.05, 0) is 61.2 Å². The summed E-state index contributed by atoms with van der Waals surface area (Å²) in [4.78, 5) is 28.1. The normalized spacial score (nSPS) is 17.6. The molecule has 0 saturated carbocycles. The number of non-ortho nitro benzene ring substituents is 1. The number of fused-ring (bicyclic) bond motifs is 2. The number of benzene rings is 2. The minimum atomic E-state index is -0.401. The number of carbonyl (C=O) groups excluding carboxylic acids is 1. The number of nitro benzene ring substituents is 1. The van der Waals surface area contributed by atoms with Crippen molar-refractivity contribution in [3.63, 3.8) is 0 Å². The smallest absolute Gasteiger partial charge is 0.270 e. The SMILES string of the molecule is COc1ccc([N+](=O)[O-])cc1CN1CCC2(CC1)CN(C(=O)CC(C)(C)C)c1ccc(F)cc12. The Hall–Kier alpha value is -3.00. The first-order valence-electron chi connectivity index (χ1n) is 11.7. The highest BCUT2D eigenvalue weighted by Crippen LogP contribution is 2.48. The van der Waals surface area contributed by atoms with Crippen LogP contribution in [0.3, 0.4) is 0 Å². The van der Waals surface area contributed by atoms with E-state index in [1.54, 1.807) is 31.4 Å². The number of rotatable bonds is 5. The minimum Gasteiger partial charge on any atom is -0.496 e. The highest BCUT2D eigenvalue weighted by Gasteiger charge is 2.46. The van der Waals surface area contributed by atoms with Gasteiger partial charge in [-0.3, -0.25) is 19.8 Å². The van der Waals surface area contributed by atoms with Crippen molar-refractivity contribution >= 4 is 17.3 Å². The van der Waals surface area contributed by atoms with E-state index in [9.17, 15) is 19.3 Å². The van der Waals surface area contributed by atoms with Gasteiger partial charge in [-0.2, -0.15) is 0 Å². The van der Waals surface area contributed by atoms with Crippen molar-refractivity contribution < 1.29 is 18.8 Å². The zero-order valence-corrected chi connectivity index (χ0v) is 20.3. The molecule has 34 heavy (non-hydrogen) atoms. The van der Waals surface area contributed by atoms with Crippen molar-refractivity contribution in [2.75, 3.05) is 31.6 Å². The number of piperidine rings is 1. The van der Waals surface area contributed by atoms with Crippen LogP contribution in [0.4, 0.5) is 15.8 Å². The van der Waals surface area contributed by atoms with Crippen LogP contribution in [0.2, 0.25) is 0 Å². The Morgan fingerprint density at radius 2 is 1.88 bits per heavy atom. The maximum atomic E-state index is 14.3. The molecule has 4 rings (SSSR count). The molecule has 1 amide bonds. The standard InChI is InChI=1S/C26H32FN3O4/c1-25(2,3)15-24(31)29-17-26(21-14-19(27)5-7-22(21)29)9-11-28(12-10-26)16-18-13-20(30(32)33)6-8-23(18)34-4/h5-8,13-14H,9-12,15-17H2,1-4H3. The van der Waals surface area contributed by atoms with Crippen LogP contribution in [0.1, 0.15) is 51.2 Å². The van der Waals surface area contributed by atoms with Gasteiger partial charge < -0.3 is 9.64 Å². The van der Waals surface area contributed by atoms with Crippen LogP contribution < -0.4 is 9.64 Å². The highest BCUT2D eigenvalue weighted by molar-refractivity contribution is 5.96. The van der Waals surface area contributed by atoms with Gasteiger partial charge in [0.1, 0.15) is 11.6 Å². The van der Waals surface area contributed by atoms with Gasteiger partial charge in [0.25, 0.3) is 5.69 Å². The van der Waals surface area contributed by atoms with Crippen molar-refractivity contribution in [1.82, 2.24) is 4.90 Å². The van der Waals surface area contributed by atoms with Gasteiger partial charge in [0, 0.05) is 48.3 Å². The van der Waals surface area contributed by atoms with E-state index in [-0.39, 0.29) is 28.2 Å². The van der Waals surface area contributed by atoms with Crippen LogP contribution in [0, 0.1) is 21.3 Å². The molecule has 0 bridgehead atoms. The van der Waals surface area contributed by atoms with Crippen LogP contribution in [0.5, 0.6) is 5.75 Å². The first-order chi connectivity index (χ1) is 16.0. The summed E-state index contributed by atoms with van der Waals surface area (Å²) >= 11 is 0. The molecule has 1 saturated heterocycles. The molecular formula is C26H32FN3O4. The zero-order chi connectivity index (χ0) is 24.7. The fourth-order valence-electron chi connectivity index (χ4n) is 5.22. The summed E-state index contributed by atoms with van der Waals surface area (Å²) in [5.74, 6) is 0.408. The summed E-state index contributed by atoms with van der Waals surface area (Å²) in [6, 6.07) is 9.41. The number of anilines is 1. The third kappa shape index (κ3) is 4.78. The Kier molecular flexibility index (Phi) is 6.38. The summed E-state index contributed by atoms with van der Waals surface area (Å²) in [6.07, 6.45) is 1.98. The number of likely N-dealkylation sites (tertiary alicyclic amines) is 1. The maximum absolute atomic E-state index is 14.3. The fraction of sp³-hybridized carbons (Fsp3) is 0.500. The number of methoxy groups -OCH3 is 1. The molecule has 1 spiro atoms. The predicted octanol–water partition coefficient (Wildman–Crippen LogP) is 5.06. The molecule has 182 valence electrons. The van der Waals surface area contributed by atoms with Crippen LogP contribution in [0.25, 0.3) is 0 Å². The minimum absolute atomic E-state index is 0.0393. The summed E-state index contributed by atoms with van der Waals surface area (Å²) in [5.41, 5.74) is 2.14. The van der Waals surface area contributed by atoms with Crippen LogP contribution >= 0.6 is 0 Å². The van der Waals surface area contributed by atoms with Gasteiger partial charge in [-0.1, -0.05) is 20.8 Å². The average molecular weight is 470 g/mol. The van der Waals surface area contributed by atoms with E-state index in [2.05, 4.69) is 4.90 Å². The number of carbonyl (C=O) groups is 1. The van der Waals surface area contributed by atoms with Crippen LogP contribution in [-0.4, -0.2) is 42.5 Å². The van der Waals surface area contributed by atoms with E-state index < -0.39 is 4.92 Å². The Labute approximate surface area is 199 Å². The fourth-order valence-corrected chi connectivity index (χ4v) is 5.22. The molecular weight excluding hydrogens is 437 g/mol. The molecule has 0 aliphatic carbocycles. The van der Waals surface area contributed by atoms with Gasteiger partial charge in [0.2, 0.25) is 5.91 Å². The van der Waals surface area contributed by atoms with E-state index in [4.69, 9.17) is 4.74 Å². The second kappa shape index (κ2) is 8.98. The van der Waals surface area contributed by atoms with E-state index in [0.717, 1.165) is 42.7 Å². The number of halogens is 1. The van der Waals surface area contributed by atoms with Crippen molar-refractivity contribution in [3.05, 3.63) is 63.5 Å². The van der Waals surface area contributed by atoms with Crippen molar-refractivity contribution in [1.29, 1.82) is 0 Å². The van der Waals surface area contributed by atoms with Crippen molar-refractivity contribution in [2.45, 2.75) is 52.0 Å². The molecule has 2 aromatic carbocycles. The van der Waals surface area contributed by atoms with Crippen LogP contribution in [-0.2, 0) is 16.8 Å². The molecule has 0 atom stereocenters. The zero-order valence-electron chi connectivity index (χ0n) is 20.3. The lowest BCUT2D eigenvalue weighted by molar-refractivity contribution is -0.385. The van der Waals surface area contributed by atoms with E-state index >= 15 is 0 Å². The van der Waals surface area contributed by atoms with Crippen LogP contribution in [0.15, 0.2) is 36.4 Å². The Balaban J connectivity index is 1.54. The molecule has 0 unspecified atom stereocenters. The number of nitrogens with zero attached hydrogens (tertiary/aromatic N) is 3. The summed E-state index contributed by atoms with van der Waals surface area (Å²) in [7, 11) is 1.56. The van der Waals surface area contributed by atoms with Gasteiger partial charge >= 0.3 is 0 Å². The highest BCUT2D eigenvalue weighted by atomic mass is 19.1. The summed E-state index contributed by atoms with van der Waals surface area (Å²) < 4.78 is 19.7. The number of hydrogen-bond donors (Lipinski definition) is 0. The van der Waals surface area contributed by atoms with Gasteiger partial charge in [-0.15, -0.1) is 0 Å². The molecule has 0 radical (unpaired) electrons. The summed E-state index contributed by atoms with van der Waals surface area (Å²) in [6.45, 7) is 8.71. The molecule has 7 nitrogen and oxygen atoms in total. The lowest BCUT2D eigenvalue weighted by Crippen LogP contribution is -2.46. The number of hydrogen-bond acceptors (Lipinski definition) is 5. The molecule has 2 heterocycles. The Morgan fingerprint density at radius 3 is 2.50 bits per heavy atom. The van der Waals surface area contributed by atoms with E-state index in [1.807, 2.05) is 25.7 Å². The number of ether oxygens (including phenoxy) is 1. The Morgan fingerprint density at radius 1 is 1.18 bits per heavy atom. The van der Waals surface area contributed by atoms with E-state index in [0.29, 0.717) is 25.3 Å². The first-order valence-corrected chi connectivity index (χ1v) is 11.7. The number of nitro groups is 1. The first kappa shape index (κ1) is 24.1. The monoisotopic (exact) mass is 469 g/mol. The second-order valence-electron chi connectivity index (χ2n) is 10.7. The molecule has 2 aliphatic heterocycles. The third-order valence-corrected chi connectivity index (χ3v) is 6.95. The van der Waals surface area contributed by atoms with Crippen molar-refractivity contribution in [3.8, 4) is 5.75 Å². The average Bonchev–Trinajstić information content (AvgIpc) is 3.07. The van der Waals surface area contributed by atoms with Crippen molar-refractivity contribution in [2.24, 2.45) is 5.41 Å². The molecule has 8 heteroatoms. The third-order valence-electron chi connectivity index (χ3n) is 6.95. The molecule has 2 aromatic rings. The van der Waals surface area contributed by atoms with Gasteiger partial charge in [0.05, 0.1) is 12.0 Å². The maximum Gasteiger partial charge on any atom is 0.270 e. The molecule has 0 aromatic heterocycles. The largest absolute Gasteiger partial charge is 0.496 e. The predicted molar refractivity (Wildman–Crippen MR) is 129 cm³/mol. The molecule has 1 fully saturated rings. The topological polar surface area (TPSA) is 75.9 Å².